The molecule has 1 fully saturated rings. The monoisotopic (exact) mass is 228 g/mol. The highest BCUT2D eigenvalue weighted by molar-refractivity contribution is 5.82. The Morgan fingerprint density at radius 2 is 2.25 bits per heavy atom. The maximum Gasteiger partial charge on any atom is 0.237 e. The average molecular weight is 228 g/mol. The van der Waals surface area contributed by atoms with Crippen molar-refractivity contribution in [2.75, 3.05) is 26.2 Å². The van der Waals surface area contributed by atoms with E-state index in [0.717, 1.165) is 51.7 Å². The molecule has 1 saturated heterocycles. The summed E-state index contributed by atoms with van der Waals surface area (Å²) < 4.78 is 0. The van der Waals surface area contributed by atoms with E-state index in [9.17, 15) is 4.79 Å². The molecular formula is C12H24N2O2. The van der Waals surface area contributed by atoms with Gasteiger partial charge >= 0.3 is 0 Å². The van der Waals surface area contributed by atoms with Crippen molar-refractivity contribution in [2.24, 2.45) is 0 Å². The van der Waals surface area contributed by atoms with Gasteiger partial charge in [-0.1, -0.05) is 13.3 Å². The van der Waals surface area contributed by atoms with Crippen molar-refractivity contribution in [3.63, 3.8) is 0 Å². The quantitative estimate of drug-likeness (QED) is 0.632. The van der Waals surface area contributed by atoms with Crippen LogP contribution in [0.2, 0.25) is 0 Å². The Bertz CT molecular complexity index is 209. The van der Waals surface area contributed by atoms with Gasteiger partial charge in [0.25, 0.3) is 0 Å². The third-order valence-electron chi connectivity index (χ3n) is 3.11. The Morgan fingerprint density at radius 1 is 1.44 bits per heavy atom. The lowest BCUT2D eigenvalue weighted by Crippen LogP contribution is -2.55. The number of hydrogen-bond donors (Lipinski definition) is 2. The van der Waals surface area contributed by atoms with Crippen molar-refractivity contribution < 1.29 is 9.90 Å². The van der Waals surface area contributed by atoms with E-state index in [4.69, 9.17) is 5.11 Å². The zero-order valence-corrected chi connectivity index (χ0v) is 10.2. The van der Waals surface area contributed by atoms with E-state index in [-0.39, 0.29) is 18.6 Å². The van der Waals surface area contributed by atoms with E-state index in [1.165, 1.54) is 0 Å². The van der Waals surface area contributed by atoms with Crippen molar-refractivity contribution in [1.29, 1.82) is 0 Å². The number of aliphatic hydroxyl groups excluding tert-OH is 1. The van der Waals surface area contributed by atoms with Crippen molar-refractivity contribution in [1.82, 2.24) is 10.2 Å². The van der Waals surface area contributed by atoms with Crippen LogP contribution in [0.25, 0.3) is 0 Å². The molecule has 0 saturated carbocycles. The van der Waals surface area contributed by atoms with Crippen LogP contribution in [-0.2, 0) is 4.79 Å². The minimum absolute atomic E-state index is 0.0767. The second-order valence-electron chi connectivity index (χ2n) is 4.42. The van der Waals surface area contributed by atoms with Crippen LogP contribution in [0.4, 0.5) is 0 Å². The number of nitrogens with one attached hydrogen (secondary N) is 1. The minimum atomic E-state index is 0.0767. The molecule has 1 aliphatic rings. The molecule has 4 nitrogen and oxygen atoms in total. The molecule has 1 unspecified atom stereocenters. The number of rotatable bonds is 7. The van der Waals surface area contributed by atoms with Gasteiger partial charge in [-0.05, 0) is 32.2 Å². The third kappa shape index (κ3) is 4.10. The molecule has 0 spiro atoms. The highest BCUT2D eigenvalue weighted by Crippen LogP contribution is 2.12. The number of aliphatic hydroxyl groups is 1. The number of piperazine rings is 1. The van der Waals surface area contributed by atoms with E-state index in [1.54, 1.807) is 0 Å². The summed E-state index contributed by atoms with van der Waals surface area (Å²) in [5.41, 5.74) is 0. The van der Waals surface area contributed by atoms with Gasteiger partial charge in [0.1, 0.15) is 0 Å². The van der Waals surface area contributed by atoms with Crippen molar-refractivity contribution in [3.05, 3.63) is 0 Å². The van der Waals surface area contributed by atoms with E-state index in [1.807, 2.05) is 0 Å². The molecule has 0 aromatic heterocycles. The minimum Gasteiger partial charge on any atom is -0.396 e. The van der Waals surface area contributed by atoms with Crippen molar-refractivity contribution in [3.8, 4) is 0 Å². The molecule has 1 amide bonds. The van der Waals surface area contributed by atoms with Gasteiger partial charge in [0.2, 0.25) is 5.91 Å². The van der Waals surface area contributed by atoms with Crippen LogP contribution in [0.3, 0.4) is 0 Å². The highest BCUT2D eigenvalue weighted by atomic mass is 16.2. The normalized spacial score (nSPS) is 22.1. The Labute approximate surface area is 98.0 Å². The summed E-state index contributed by atoms with van der Waals surface area (Å²) in [4.78, 5) is 14.0. The number of carbonyl (C=O) groups excluding carboxylic acids is 1. The summed E-state index contributed by atoms with van der Waals surface area (Å²) in [6, 6.07) is 0.0767. The lowest BCUT2D eigenvalue weighted by atomic mass is 10.1. The van der Waals surface area contributed by atoms with Gasteiger partial charge in [0.15, 0.2) is 0 Å². The summed E-state index contributed by atoms with van der Waals surface area (Å²) >= 11 is 0. The first-order chi connectivity index (χ1) is 7.79. The maximum atomic E-state index is 11.7. The number of unbranched alkanes of at least 4 members (excludes halogenated alkanes) is 2. The molecule has 1 heterocycles. The molecule has 0 aromatic rings. The molecule has 0 bridgehead atoms. The second-order valence-corrected chi connectivity index (χ2v) is 4.42. The van der Waals surface area contributed by atoms with E-state index < -0.39 is 0 Å². The van der Waals surface area contributed by atoms with Crippen LogP contribution in [-0.4, -0.2) is 48.2 Å². The summed E-state index contributed by atoms with van der Waals surface area (Å²) in [5.74, 6) is 0.190. The van der Waals surface area contributed by atoms with Gasteiger partial charge in [-0.25, -0.2) is 0 Å². The number of carbonyl (C=O) groups is 1. The summed E-state index contributed by atoms with van der Waals surface area (Å²) in [5, 5.41) is 11.6. The third-order valence-corrected chi connectivity index (χ3v) is 3.11. The van der Waals surface area contributed by atoms with Crippen molar-refractivity contribution >= 4 is 5.91 Å². The molecule has 0 aliphatic carbocycles. The summed E-state index contributed by atoms with van der Waals surface area (Å²) in [6.45, 7) is 5.12. The van der Waals surface area contributed by atoms with Gasteiger partial charge < -0.3 is 10.4 Å². The molecular weight excluding hydrogens is 204 g/mol. The van der Waals surface area contributed by atoms with E-state index in [2.05, 4.69) is 17.1 Å². The zero-order chi connectivity index (χ0) is 11.8. The van der Waals surface area contributed by atoms with Gasteiger partial charge in [-0.15, -0.1) is 0 Å². The zero-order valence-electron chi connectivity index (χ0n) is 10.2. The van der Waals surface area contributed by atoms with Gasteiger partial charge in [-0.2, -0.15) is 0 Å². The lowest BCUT2D eigenvalue weighted by Gasteiger charge is -2.34. The first-order valence-electron chi connectivity index (χ1n) is 6.42. The predicted molar refractivity (Wildman–Crippen MR) is 64.2 cm³/mol. The Balaban J connectivity index is 2.32. The first-order valence-corrected chi connectivity index (χ1v) is 6.42. The largest absolute Gasteiger partial charge is 0.396 e. The Kier molecular flexibility index (Phi) is 6.42. The van der Waals surface area contributed by atoms with Crippen molar-refractivity contribution in [2.45, 2.75) is 45.1 Å². The number of hydrogen-bond acceptors (Lipinski definition) is 3. The van der Waals surface area contributed by atoms with Gasteiger partial charge in [0, 0.05) is 19.7 Å². The molecule has 1 atom stereocenters. The van der Waals surface area contributed by atoms with Crippen LogP contribution >= 0.6 is 0 Å². The SMILES string of the molecule is CCCC1C(=O)NCCN1CCCCCO. The highest BCUT2D eigenvalue weighted by Gasteiger charge is 2.27. The summed E-state index contributed by atoms with van der Waals surface area (Å²) in [6.07, 6.45) is 5.00. The first kappa shape index (κ1) is 13.5. The fourth-order valence-electron chi connectivity index (χ4n) is 2.22. The molecule has 94 valence electrons. The molecule has 1 rings (SSSR count). The second kappa shape index (κ2) is 7.63. The number of amides is 1. The Hall–Kier alpha value is -0.610. The van der Waals surface area contributed by atoms with Gasteiger partial charge in [-0.3, -0.25) is 9.69 Å². The van der Waals surface area contributed by atoms with Crippen LogP contribution in [0, 0.1) is 0 Å². The number of nitrogens with zero attached hydrogens (tertiary/aromatic N) is 1. The van der Waals surface area contributed by atoms with Crippen LogP contribution in [0.15, 0.2) is 0 Å². The fraction of sp³-hybridized carbons (Fsp3) is 0.917. The smallest absolute Gasteiger partial charge is 0.237 e. The van der Waals surface area contributed by atoms with E-state index in [0.29, 0.717) is 0 Å². The van der Waals surface area contributed by atoms with Crippen LogP contribution < -0.4 is 5.32 Å². The molecule has 0 aromatic carbocycles. The molecule has 4 heteroatoms. The topological polar surface area (TPSA) is 52.6 Å². The maximum absolute atomic E-state index is 11.7. The standard InChI is InChI=1S/C12H24N2O2/c1-2-6-11-12(16)13-7-9-14(11)8-4-3-5-10-15/h11,15H,2-10H2,1H3,(H,13,16). The van der Waals surface area contributed by atoms with Crippen LogP contribution in [0.5, 0.6) is 0 Å². The van der Waals surface area contributed by atoms with E-state index >= 15 is 0 Å². The molecule has 16 heavy (non-hydrogen) atoms. The molecule has 0 radical (unpaired) electrons. The van der Waals surface area contributed by atoms with Gasteiger partial charge in [0.05, 0.1) is 6.04 Å². The Morgan fingerprint density at radius 3 is 2.94 bits per heavy atom. The predicted octanol–water partition coefficient (Wildman–Crippen LogP) is 0.749. The average Bonchev–Trinajstić information content (AvgIpc) is 2.29. The molecule has 1 aliphatic heterocycles. The summed E-state index contributed by atoms with van der Waals surface area (Å²) in [7, 11) is 0. The molecule has 2 N–H and O–H groups in total. The fourth-order valence-corrected chi connectivity index (χ4v) is 2.22. The van der Waals surface area contributed by atoms with Crippen LogP contribution in [0.1, 0.15) is 39.0 Å². The lowest BCUT2D eigenvalue weighted by molar-refractivity contribution is -0.129.